The summed E-state index contributed by atoms with van der Waals surface area (Å²) in [5.74, 6) is 4.18. The molecule has 2 aliphatic rings. The minimum absolute atomic E-state index is 0.139. The molecule has 286 valence electrons. The molecule has 4 aromatic heterocycles. The fourth-order valence-electron chi connectivity index (χ4n) is 6.61. The van der Waals surface area contributed by atoms with E-state index in [1.54, 1.807) is 0 Å². The maximum absolute atomic E-state index is 12.8. The van der Waals surface area contributed by atoms with Crippen molar-refractivity contribution in [3.05, 3.63) is 161 Å². The van der Waals surface area contributed by atoms with Crippen molar-refractivity contribution >= 4 is 50.7 Å². The van der Waals surface area contributed by atoms with Crippen molar-refractivity contribution in [2.75, 3.05) is 0 Å². The van der Waals surface area contributed by atoms with Gasteiger partial charge in [-0.2, -0.15) is 19.0 Å². The van der Waals surface area contributed by atoms with Crippen LogP contribution < -0.4 is 20.6 Å². The van der Waals surface area contributed by atoms with E-state index in [0.29, 0.717) is 55.9 Å². The van der Waals surface area contributed by atoms with Gasteiger partial charge in [0.1, 0.15) is 34.9 Å². The average Bonchev–Trinajstić information content (AvgIpc) is 4.16. The van der Waals surface area contributed by atoms with E-state index in [-0.39, 0.29) is 24.3 Å². The van der Waals surface area contributed by atoms with Crippen molar-refractivity contribution in [1.82, 2.24) is 39.2 Å². The van der Waals surface area contributed by atoms with Crippen LogP contribution in [-0.2, 0) is 13.2 Å². The molecule has 0 amide bonds. The quantitative estimate of drug-likeness (QED) is 0.139. The van der Waals surface area contributed by atoms with E-state index in [4.69, 9.17) is 32.7 Å². The van der Waals surface area contributed by atoms with Crippen LogP contribution in [0.3, 0.4) is 0 Å². The molecule has 10 rings (SSSR count). The lowest BCUT2D eigenvalue weighted by Crippen LogP contribution is -2.19. The Morgan fingerprint density at radius 3 is 1.68 bits per heavy atom. The van der Waals surface area contributed by atoms with Crippen LogP contribution in [0.5, 0.6) is 11.5 Å². The lowest BCUT2D eigenvalue weighted by atomic mass is 10.1. The molecule has 0 saturated heterocycles. The molecule has 57 heavy (non-hydrogen) atoms. The second-order valence-corrected chi connectivity index (χ2v) is 15.4. The van der Waals surface area contributed by atoms with Crippen LogP contribution in [0, 0.1) is 0 Å². The van der Waals surface area contributed by atoms with Crippen LogP contribution >= 0.6 is 39.1 Å². The summed E-state index contributed by atoms with van der Waals surface area (Å²) in [4.78, 5) is 43.2. The molecular weight excluding hydrogens is 831 g/mol. The van der Waals surface area contributed by atoms with Gasteiger partial charge in [-0.15, -0.1) is 0 Å². The van der Waals surface area contributed by atoms with Gasteiger partial charge >= 0.3 is 0 Å². The lowest BCUT2D eigenvalue weighted by Gasteiger charge is -2.12. The molecule has 0 unspecified atom stereocenters. The second-order valence-electron chi connectivity index (χ2n) is 13.8. The van der Waals surface area contributed by atoms with E-state index < -0.39 is 0 Å². The van der Waals surface area contributed by atoms with E-state index in [1.165, 1.54) is 15.1 Å². The highest BCUT2D eigenvalue weighted by molar-refractivity contribution is 9.10. The van der Waals surface area contributed by atoms with E-state index in [1.807, 2.05) is 97.1 Å². The first-order valence-electron chi connectivity index (χ1n) is 18.4. The molecule has 2 fully saturated rings. The third-order valence-electron chi connectivity index (χ3n) is 9.72. The minimum Gasteiger partial charge on any atom is -0.487 e. The molecular formula is C42H33BrCl2N8O4. The molecule has 0 radical (unpaired) electrons. The number of hydrogen-bond acceptors (Lipinski definition) is 8. The fourth-order valence-corrected chi connectivity index (χ4v) is 7.63. The van der Waals surface area contributed by atoms with Crippen molar-refractivity contribution in [3.63, 3.8) is 0 Å². The number of fused-ring (bicyclic) bond motifs is 2. The third kappa shape index (κ3) is 7.82. The van der Waals surface area contributed by atoms with Gasteiger partial charge in [0.2, 0.25) is 0 Å². The zero-order valence-corrected chi connectivity index (χ0v) is 33.3. The van der Waals surface area contributed by atoms with Crippen molar-refractivity contribution in [3.8, 4) is 34.3 Å². The Morgan fingerprint density at radius 2 is 1.14 bits per heavy atom. The number of rotatable bonds is 10. The first kappa shape index (κ1) is 36.9. The van der Waals surface area contributed by atoms with Crippen molar-refractivity contribution in [1.29, 1.82) is 0 Å². The Kier molecular flexibility index (Phi) is 10.1. The Labute approximate surface area is 343 Å². The van der Waals surface area contributed by atoms with Gasteiger partial charge in [-0.25, -0.2) is 9.97 Å². The second kappa shape index (κ2) is 15.6. The molecule has 12 nitrogen and oxygen atoms in total. The predicted molar refractivity (Wildman–Crippen MR) is 221 cm³/mol. The smallest absolute Gasteiger partial charge is 0.288 e. The van der Waals surface area contributed by atoms with E-state index in [0.717, 1.165) is 64.5 Å². The number of hydrogen-bond donors (Lipinski definition) is 2. The molecule has 8 aromatic rings. The molecule has 0 bridgehead atoms. The summed E-state index contributed by atoms with van der Waals surface area (Å²) in [5.41, 5.74) is 4.36. The van der Waals surface area contributed by atoms with Crippen molar-refractivity contribution in [2.24, 2.45) is 0 Å². The number of halogens is 3. The van der Waals surface area contributed by atoms with Gasteiger partial charge in [0.25, 0.3) is 22.7 Å². The summed E-state index contributed by atoms with van der Waals surface area (Å²) in [7, 11) is 0. The van der Waals surface area contributed by atoms with Gasteiger partial charge in [-0.05, 0) is 77.7 Å². The predicted octanol–water partition coefficient (Wildman–Crippen LogP) is 9.15. The Morgan fingerprint density at radius 1 is 0.632 bits per heavy atom. The molecule has 0 aliphatic heterocycles. The van der Waals surface area contributed by atoms with E-state index in [2.05, 4.69) is 46.1 Å². The summed E-state index contributed by atoms with van der Waals surface area (Å²) in [6, 6.07) is 32.0. The number of H-pyrrole nitrogens is 2. The zero-order valence-electron chi connectivity index (χ0n) is 30.2. The van der Waals surface area contributed by atoms with E-state index >= 15 is 0 Å². The molecule has 0 spiro atoms. The largest absolute Gasteiger partial charge is 0.487 e. The topological polar surface area (TPSA) is 145 Å². The standard InChI is InChI=1S/C21H16BrClN4O2.C21H17ClN4O2/c22-18-15(11-29-16-8-4-7-14(23)17(16)12-9-10-12)24-21-25-19(26-27(21)20(18)28)13-5-2-1-3-6-13;22-16-7-4-8-17(19(16)13-9-10-13)28-12-15-11-18(27)26-21(23-15)24-20(25-26)14-5-2-1-3-6-14/h1-8,12H,9-11H2,(H,24,25,26);1-8,11,13H,9-10,12H2,(H,23,24,25). The number of ether oxygens (including phenoxy) is 2. The summed E-state index contributed by atoms with van der Waals surface area (Å²) < 4.78 is 15.0. The van der Waals surface area contributed by atoms with Gasteiger partial charge < -0.3 is 9.47 Å². The lowest BCUT2D eigenvalue weighted by molar-refractivity contribution is 0.297. The number of aromatic nitrogens is 8. The number of benzene rings is 4. The van der Waals surface area contributed by atoms with Crippen LogP contribution in [0.1, 0.15) is 60.0 Å². The van der Waals surface area contributed by atoms with Crippen molar-refractivity contribution in [2.45, 2.75) is 50.7 Å². The first-order valence-corrected chi connectivity index (χ1v) is 19.9. The highest BCUT2D eigenvalue weighted by Crippen LogP contribution is 2.48. The number of aromatic amines is 2. The number of nitrogens with zero attached hydrogens (tertiary/aromatic N) is 6. The Hall–Kier alpha value is -5.76. The van der Waals surface area contributed by atoms with Crippen LogP contribution in [0.25, 0.3) is 34.3 Å². The normalized spacial score (nSPS) is 13.7. The Bertz CT molecular complexity index is 2870. The monoisotopic (exact) mass is 862 g/mol. The van der Waals surface area contributed by atoms with Gasteiger partial charge in [-0.3, -0.25) is 19.8 Å². The van der Waals surface area contributed by atoms with Gasteiger partial charge in [0.15, 0.2) is 11.6 Å². The first-order chi connectivity index (χ1) is 27.8. The maximum Gasteiger partial charge on any atom is 0.288 e. The zero-order chi connectivity index (χ0) is 39.0. The molecule has 15 heteroatoms. The van der Waals surface area contributed by atoms with Crippen molar-refractivity contribution < 1.29 is 9.47 Å². The van der Waals surface area contributed by atoms with E-state index in [9.17, 15) is 9.59 Å². The summed E-state index contributed by atoms with van der Waals surface area (Å²) in [6.45, 7) is 0.319. The maximum atomic E-state index is 12.8. The number of nitrogens with one attached hydrogen (secondary N) is 2. The third-order valence-corrected chi connectivity index (χ3v) is 11.2. The molecule has 0 atom stereocenters. The van der Waals surface area contributed by atoms with Gasteiger partial charge in [0, 0.05) is 38.4 Å². The van der Waals surface area contributed by atoms with Gasteiger partial charge in [-0.1, -0.05) is 96.0 Å². The average molecular weight is 865 g/mol. The summed E-state index contributed by atoms with van der Waals surface area (Å²) >= 11 is 16.1. The highest BCUT2D eigenvalue weighted by atomic mass is 79.9. The van der Waals surface area contributed by atoms with Crippen LogP contribution in [0.2, 0.25) is 10.0 Å². The SMILES string of the molecule is O=c1c(Br)c(COc2cccc(Cl)c2C2CC2)nc2nc(-c3ccccc3)[nH]n12.O=c1cc(COc2cccc(Cl)c2C2CC2)nc2nc(-c3ccccc3)[nH]n12. The summed E-state index contributed by atoms with van der Waals surface area (Å²) in [6.07, 6.45) is 4.48. The van der Waals surface area contributed by atoms with Crippen LogP contribution in [0.4, 0.5) is 0 Å². The molecule has 2 N–H and O–H groups in total. The van der Waals surface area contributed by atoms with Crippen LogP contribution in [-0.4, -0.2) is 39.2 Å². The minimum atomic E-state index is -0.267. The highest BCUT2D eigenvalue weighted by Gasteiger charge is 2.30. The van der Waals surface area contributed by atoms with Gasteiger partial charge in [0.05, 0.1) is 5.69 Å². The fraction of sp³-hybridized carbons (Fsp3) is 0.190. The molecule has 2 aliphatic carbocycles. The molecule has 2 saturated carbocycles. The molecule has 4 aromatic carbocycles. The Balaban J connectivity index is 0.000000148. The summed E-state index contributed by atoms with van der Waals surface area (Å²) in [5, 5.41) is 7.44. The molecule has 4 heterocycles. The van der Waals surface area contributed by atoms with Crippen LogP contribution in [0.15, 0.2) is 117 Å².